The van der Waals surface area contributed by atoms with Crippen LogP contribution in [0, 0.1) is 0 Å². The third-order valence-electron chi connectivity index (χ3n) is 7.69. The lowest BCUT2D eigenvalue weighted by atomic mass is 10.0. The average molecular weight is 629 g/mol. The first-order valence-electron chi connectivity index (χ1n) is 14.1. The van der Waals surface area contributed by atoms with Gasteiger partial charge in [-0.3, -0.25) is 9.69 Å². The number of methoxy groups -OCH3 is 1. The maximum Gasteiger partial charge on any atom is 0.410 e. The number of piperidine rings is 1. The molecule has 0 aliphatic carbocycles. The Hall–Kier alpha value is -3.24. The molecule has 0 unspecified atom stereocenters. The van der Waals surface area contributed by atoms with E-state index in [2.05, 4.69) is 20.8 Å². The molecule has 1 amide bonds. The molecule has 5 rings (SSSR count). The van der Waals surface area contributed by atoms with Crippen LogP contribution in [-0.4, -0.2) is 72.1 Å². The van der Waals surface area contributed by atoms with Gasteiger partial charge >= 0.3 is 6.09 Å². The monoisotopic (exact) mass is 627 g/mol. The maximum atomic E-state index is 13.4. The van der Waals surface area contributed by atoms with Gasteiger partial charge in [-0.2, -0.15) is 0 Å². The summed E-state index contributed by atoms with van der Waals surface area (Å²) in [5, 5.41) is 0.968. The molecular formula is C31H38BrN3O6. The van der Waals surface area contributed by atoms with E-state index in [0.29, 0.717) is 37.8 Å². The van der Waals surface area contributed by atoms with E-state index in [9.17, 15) is 9.59 Å². The van der Waals surface area contributed by atoms with Crippen LogP contribution in [0.1, 0.15) is 39.2 Å². The smallest absolute Gasteiger partial charge is 0.410 e. The fourth-order valence-electron chi connectivity index (χ4n) is 5.32. The zero-order chi connectivity index (χ0) is 29.1. The van der Waals surface area contributed by atoms with Crippen molar-refractivity contribution in [3.05, 3.63) is 62.9 Å². The Bertz CT molecular complexity index is 1460. The topological polar surface area (TPSA) is 82.5 Å². The number of aromatic nitrogens is 1. The van der Waals surface area contributed by atoms with E-state index < -0.39 is 5.54 Å². The summed E-state index contributed by atoms with van der Waals surface area (Å²) in [5.41, 5.74) is 1.34. The summed E-state index contributed by atoms with van der Waals surface area (Å²) < 4.78 is 25.5. The van der Waals surface area contributed by atoms with Crippen LogP contribution in [0.4, 0.5) is 4.79 Å². The number of hydrogen-bond acceptors (Lipinski definition) is 7. The molecule has 0 atom stereocenters. The number of benzene rings is 2. The molecule has 3 heterocycles. The number of halogens is 1. The number of carbonyl (C=O) groups is 1. The van der Waals surface area contributed by atoms with Crippen molar-refractivity contribution in [3.63, 3.8) is 0 Å². The van der Waals surface area contributed by atoms with Gasteiger partial charge in [0, 0.05) is 60.3 Å². The molecule has 9 nitrogen and oxygen atoms in total. The zero-order valence-corrected chi connectivity index (χ0v) is 25.7. The quantitative estimate of drug-likeness (QED) is 0.345. The highest BCUT2D eigenvalue weighted by atomic mass is 79.9. The van der Waals surface area contributed by atoms with Crippen LogP contribution in [0.2, 0.25) is 0 Å². The molecule has 1 saturated heterocycles. The lowest BCUT2D eigenvalue weighted by Crippen LogP contribution is -2.47. The van der Waals surface area contributed by atoms with Crippen molar-refractivity contribution in [1.29, 1.82) is 0 Å². The highest BCUT2D eigenvalue weighted by molar-refractivity contribution is 9.10. The Labute approximate surface area is 249 Å². The van der Waals surface area contributed by atoms with E-state index in [1.165, 1.54) is 0 Å². The Morgan fingerprint density at radius 1 is 1.02 bits per heavy atom. The molecule has 0 bridgehead atoms. The number of fused-ring (bicyclic) bond motifs is 2. The predicted molar refractivity (Wildman–Crippen MR) is 161 cm³/mol. The standard InChI is InChI=1S/C31H38BrN3O6/c1-31(2,3)35(20-21-5-7-27-28(17-21)40-16-15-39-27)30(37)41-22-9-11-33(12-10-22)13-14-34-26-19-23(38-4)18-25(32)24(26)6-8-29(34)36/h5-8,17-19,22H,9-16,20H2,1-4H3. The van der Waals surface area contributed by atoms with Crippen molar-refractivity contribution in [2.24, 2.45) is 0 Å². The van der Waals surface area contributed by atoms with Crippen molar-refractivity contribution < 1.29 is 23.7 Å². The minimum absolute atomic E-state index is 0.0400. The van der Waals surface area contributed by atoms with E-state index in [1.807, 2.05) is 57.2 Å². The third-order valence-corrected chi connectivity index (χ3v) is 8.34. The van der Waals surface area contributed by atoms with E-state index in [-0.39, 0.29) is 17.8 Å². The molecule has 2 aromatic carbocycles. The molecular weight excluding hydrogens is 590 g/mol. The lowest BCUT2D eigenvalue weighted by Gasteiger charge is -2.38. The predicted octanol–water partition coefficient (Wildman–Crippen LogP) is 5.45. The number of carbonyl (C=O) groups excluding carboxylic acids is 1. The average Bonchev–Trinajstić information content (AvgIpc) is 2.95. The Kier molecular flexibility index (Phi) is 8.79. The molecule has 10 heteroatoms. The van der Waals surface area contributed by atoms with Gasteiger partial charge in [-0.15, -0.1) is 0 Å². The van der Waals surface area contributed by atoms with Gasteiger partial charge in [0.05, 0.1) is 12.6 Å². The minimum atomic E-state index is -0.422. The summed E-state index contributed by atoms with van der Waals surface area (Å²) in [4.78, 5) is 30.2. The molecule has 0 radical (unpaired) electrons. The Morgan fingerprint density at radius 3 is 2.46 bits per heavy atom. The van der Waals surface area contributed by atoms with E-state index in [4.69, 9.17) is 18.9 Å². The summed E-state index contributed by atoms with van der Waals surface area (Å²) in [5.74, 6) is 2.14. The van der Waals surface area contributed by atoms with Crippen molar-refractivity contribution >= 4 is 32.9 Å². The molecule has 220 valence electrons. The normalized spacial score (nSPS) is 16.0. The van der Waals surface area contributed by atoms with Gasteiger partial charge < -0.3 is 28.4 Å². The fourth-order valence-corrected chi connectivity index (χ4v) is 5.88. The molecule has 0 N–H and O–H groups in total. The van der Waals surface area contributed by atoms with Crippen LogP contribution in [-0.2, 0) is 17.8 Å². The minimum Gasteiger partial charge on any atom is -0.497 e. The summed E-state index contributed by atoms with van der Waals surface area (Å²) >= 11 is 3.59. The summed E-state index contributed by atoms with van der Waals surface area (Å²) in [6, 6.07) is 13.1. The number of hydrogen-bond donors (Lipinski definition) is 0. The van der Waals surface area contributed by atoms with Gasteiger partial charge in [-0.05, 0) is 79.4 Å². The number of pyridine rings is 1. The second-order valence-corrected chi connectivity index (χ2v) is 12.4. The summed E-state index contributed by atoms with van der Waals surface area (Å²) in [6.45, 7) is 10.4. The highest BCUT2D eigenvalue weighted by Gasteiger charge is 2.31. The largest absolute Gasteiger partial charge is 0.497 e. The van der Waals surface area contributed by atoms with Crippen LogP contribution in [0.25, 0.3) is 10.9 Å². The van der Waals surface area contributed by atoms with E-state index >= 15 is 0 Å². The molecule has 1 aromatic heterocycles. The van der Waals surface area contributed by atoms with Gasteiger partial charge in [-0.25, -0.2) is 4.79 Å². The van der Waals surface area contributed by atoms with Gasteiger partial charge in [-0.1, -0.05) is 6.07 Å². The van der Waals surface area contributed by atoms with Crippen LogP contribution in [0.15, 0.2) is 51.7 Å². The van der Waals surface area contributed by atoms with Gasteiger partial charge in [0.25, 0.3) is 5.56 Å². The molecule has 0 saturated carbocycles. The van der Waals surface area contributed by atoms with Crippen molar-refractivity contribution in [2.75, 3.05) is 40.0 Å². The van der Waals surface area contributed by atoms with Crippen molar-refractivity contribution in [2.45, 2.75) is 58.3 Å². The fraction of sp³-hybridized carbons (Fsp3) is 0.484. The lowest BCUT2D eigenvalue weighted by molar-refractivity contribution is 0.00901. The van der Waals surface area contributed by atoms with E-state index in [0.717, 1.165) is 59.2 Å². The number of amides is 1. The van der Waals surface area contributed by atoms with Crippen molar-refractivity contribution in [3.8, 4) is 17.2 Å². The SMILES string of the molecule is COc1cc(Br)c2ccc(=O)n(CCN3CCC(OC(=O)N(Cc4ccc5c(c4)OCCO5)C(C)(C)C)CC3)c2c1. The molecule has 0 spiro atoms. The van der Waals surface area contributed by atoms with Crippen LogP contribution in [0.5, 0.6) is 17.2 Å². The van der Waals surface area contributed by atoms with Crippen LogP contribution < -0.4 is 19.8 Å². The summed E-state index contributed by atoms with van der Waals surface area (Å²) in [7, 11) is 1.62. The van der Waals surface area contributed by atoms with Crippen LogP contribution >= 0.6 is 15.9 Å². The van der Waals surface area contributed by atoms with Crippen LogP contribution in [0.3, 0.4) is 0 Å². The molecule has 41 heavy (non-hydrogen) atoms. The Balaban J connectivity index is 1.18. The van der Waals surface area contributed by atoms with Gasteiger partial charge in [0.15, 0.2) is 11.5 Å². The first-order valence-corrected chi connectivity index (χ1v) is 14.9. The second-order valence-electron chi connectivity index (χ2n) is 11.5. The summed E-state index contributed by atoms with van der Waals surface area (Å²) in [6.07, 6.45) is 1.03. The number of rotatable bonds is 7. The van der Waals surface area contributed by atoms with Crippen molar-refractivity contribution in [1.82, 2.24) is 14.4 Å². The second kappa shape index (κ2) is 12.3. The third kappa shape index (κ3) is 6.81. The first-order chi connectivity index (χ1) is 19.6. The van der Waals surface area contributed by atoms with Gasteiger partial charge in [0.2, 0.25) is 0 Å². The van der Waals surface area contributed by atoms with E-state index in [1.54, 1.807) is 22.6 Å². The maximum absolute atomic E-state index is 13.4. The number of likely N-dealkylation sites (tertiary alicyclic amines) is 1. The molecule has 2 aliphatic heterocycles. The Morgan fingerprint density at radius 2 is 1.76 bits per heavy atom. The number of nitrogens with zero attached hydrogens (tertiary/aromatic N) is 3. The molecule has 3 aromatic rings. The highest BCUT2D eigenvalue weighted by Crippen LogP contribution is 2.32. The molecule has 2 aliphatic rings. The first kappa shape index (κ1) is 29.3. The number of ether oxygens (including phenoxy) is 4. The zero-order valence-electron chi connectivity index (χ0n) is 24.2. The van der Waals surface area contributed by atoms with Gasteiger partial charge in [0.1, 0.15) is 25.1 Å². The molecule has 1 fully saturated rings.